The van der Waals surface area contributed by atoms with Gasteiger partial charge in [0.05, 0.1) is 0 Å². The van der Waals surface area contributed by atoms with Gasteiger partial charge in [-0.1, -0.05) is 40.5 Å². The van der Waals surface area contributed by atoms with Crippen LogP contribution in [0, 0.1) is 0 Å². The Morgan fingerprint density at radius 1 is 0.714 bits per heavy atom. The first-order valence-electron chi connectivity index (χ1n) is 7.55. The molecule has 122 valence electrons. The smallest absolute Gasteiger partial charge is 0.665 e. The minimum atomic E-state index is 0. The van der Waals surface area contributed by atoms with Crippen molar-refractivity contribution in [3.05, 3.63) is 45.8 Å². The Labute approximate surface area is 152 Å². The van der Waals surface area contributed by atoms with E-state index in [0.717, 1.165) is 19.6 Å². The van der Waals surface area contributed by atoms with Crippen molar-refractivity contribution < 1.29 is 25.8 Å². The average Bonchev–Trinajstić information content (AvgIpc) is 3.01. The molecule has 0 heterocycles. The third-order valence-corrected chi connectivity index (χ3v) is 2.22. The minimum Gasteiger partial charge on any atom is -0.665 e. The predicted molar refractivity (Wildman–Crippen MR) is 95.5 cm³/mol. The monoisotopic (exact) mass is 461 g/mol. The Balaban J connectivity index is -0.0000000973. The van der Waals surface area contributed by atoms with Crippen LogP contribution in [-0.4, -0.2) is 40.8 Å². The summed E-state index contributed by atoms with van der Waals surface area (Å²) in [5, 5.41) is 11.2. The molecule has 0 fully saturated rings. The van der Waals surface area contributed by atoms with Gasteiger partial charge in [0.1, 0.15) is 0 Å². The zero-order valence-corrected chi connectivity index (χ0v) is 18.8. The Morgan fingerprint density at radius 3 is 1.19 bits per heavy atom. The first kappa shape index (κ1) is 29.2. The second-order valence-electron chi connectivity index (χ2n) is 3.94. The van der Waals surface area contributed by atoms with Gasteiger partial charge in [-0.15, -0.1) is 0 Å². The molecule has 0 amide bonds. The summed E-state index contributed by atoms with van der Waals surface area (Å²) in [6.07, 6.45) is 2.48. The predicted octanol–water partition coefficient (Wildman–Crippen LogP) is 5.38. The Morgan fingerprint density at radius 2 is 1.00 bits per heavy atom. The molecule has 21 heavy (non-hydrogen) atoms. The molecular weight excluding hydrogens is 425 g/mol. The van der Waals surface area contributed by atoms with Crippen molar-refractivity contribution in [3.63, 3.8) is 0 Å². The normalized spacial score (nSPS) is 7.95. The van der Waals surface area contributed by atoms with Gasteiger partial charge in [-0.05, 0) is 0 Å². The zero-order chi connectivity index (χ0) is 16.1. The van der Waals surface area contributed by atoms with Gasteiger partial charge in [-0.25, -0.2) is 12.1 Å². The fourth-order valence-corrected chi connectivity index (χ4v) is 0.869. The second-order valence-corrected chi connectivity index (χ2v) is 3.94. The van der Waals surface area contributed by atoms with Crippen LogP contribution < -0.4 is 0 Å². The van der Waals surface area contributed by atoms with Crippen molar-refractivity contribution in [2.75, 3.05) is 40.8 Å². The number of hydrogen-bond acceptors (Lipinski definition) is 0. The van der Waals surface area contributed by atoms with Gasteiger partial charge < -0.3 is 16.0 Å². The third-order valence-electron chi connectivity index (χ3n) is 2.22. The summed E-state index contributed by atoms with van der Waals surface area (Å²) < 4.78 is 0. The second kappa shape index (κ2) is 32.2. The van der Waals surface area contributed by atoms with E-state index in [0.29, 0.717) is 0 Å². The van der Waals surface area contributed by atoms with Crippen LogP contribution in [0.25, 0.3) is 16.0 Å². The first-order valence-corrected chi connectivity index (χ1v) is 7.55. The Hall–Kier alpha value is 0.100. The summed E-state index contributed by atoms with van der Waals surface area (Å²) >= 11 is 0. The van der Waals surface area contributed by atoms with E-state index in [4.69, 9.17) is 0 Å². The summed E-state index contributed by atoms with van der Waals surface area (Å²) in [4.78, 5) is 0. The van der Waals surface area contributed by atoms with E-state index in [1.54, 1.807) is 21.1 Å². The van der Waals surface area contributed by atoms with Crippen LogP contribution in [0.2, 0.25) is 0 Å². The fraction of sp³-hybridized carbons (Fsp3) is 0.706. The summed E-state index contributed by atoms with van der Waals surface area (Å²) in [7, 11) is 5.42. The molecule has 0 spiro atoms. The van der Waals surface area contributed by atoms with Crippen LogP contribution in [0.4, 0.5) is 0 Å². The van der Waals surface area contributed by atoms with Crippen molar-refractivity contribution in [1.29, 1.82) is 0 Å². The van der Waals surface area contributed by atoms with Crippen molar-refractivity contribution >= 4 is 0 Å². The van der Waals surface area contributed by atoms with E-state index in [2.05, 4.69) is 47.1 Å². The van der Waals surface area contributed by atoms with E-state index in [1.165, 1.54) is 18.4 Å². The molecule has 0 saturated heterocycles. The molecule has 3 nitrogen and oxygen atoms in total. The number of nitrogens with zero attached hydrogens (tertiary/aromatic N) is 3. The first-order chi connectivity index (χ1) is 9.67. The van der Waals surface area contributed by atoms with Crippen molar-refractivity contribution in [3.8, 4) is 0 Å². The van der Waals surface area contributed by atoms with Crippen LogP contribution in [0.3, 0.4) is 0 Å². The molecule has 0 saturated carbocycles. The topological polar surface area (TPSA) is 42.3 Å². The van der Waals surface area contributed by atoms with Crippen LogP contribution in [-0.2, 0) is 32.3 Å². The summed E-state index contributed by atoms with van der Waals surface area (Å²) in [6.45, 7) is 11.1. The van der Waals surface area contributed by atoms with Crippen molar-refractivity contribution in [1.82, 2.24) is 0 Å². The molecule has 1 aromatic rings. The quantitative estimate of drug-likeness (QED) is 0.419. The molecule has 0 N–H and O–H groups in total. The van der Waals surface area contributed by atoms with Gasteiger partial charge in [0.2, 0.25) is 0 Å². The van der Waals surface area contributed by atoms with Crippen molar-refractivity contribution in [2.45, 2.75) is 40.5 Å². The molecule has 4 heteroatoms. The molecule has 0 bridgehead atoms. The van der Waals surface area contributed by atoms with Crippen LogP contribution in [0.1, 0.15) is 39.7 Å². The largest absolute Gasteiger partial charge is 4.00 e. The van der Waals surface area contributed by atoms with E-state index in [9.17, 15) is 0 Å². The zero-order valence-electron chi connectivity index (χ0n) is 15.2. The van der Waals surface area contributed by atoms with Crippen LogP contribution in [0.15, 0.2) is 24.3 Å². The molecule has 0 aliphatic carbocycles. The maximum atomic E-state index is 3.74. The number of rotatable bonds is 5. The standard InChI is InChI=1S/C8H11.3C3H8N.Hf/c1-2-5-8-6-3-4-7-8;3*1-3-4-2;/h3-4,6-7H,2,5H2,1H3;3*3H2,1-2H3;/q4*-1;+4. The number of hydrogen-bond donors (Lipinski definition) is 0. The van der Waals surface area contributed by atoms with Gasteiger partial charge in [0.15, 0.2) is 0 Å². The summed E-state index contributed by atoms with van der Waals surface area (Å²) in [6, 6.07) is 8.52. The van der Waals surface area contributed by atoms with Gasteiger partial charge in [-0.3, -0.25) is 0 Å². The van der Waals surface area contributed by atoms with E-state index in [1.807, 2.05) is 20.8 Å². The van der Waals surface area contributed by atoms with Crippen LogP contribution in [0.5, 0.6) is 0 Å². The maximum Gasteiger partial charge on any atom is 4.00 e. The van der Waals surface area contributed by atoms with Gasteiger partial charge in [0.25, 0.3) is 0 Å². The fourth-order valence-electron chi connectivity index (χ4n) is 0.869. The van der Waals surface area contributed by atoms with Crippen LogP contribution >= 0.6 is 0 Å². The van der Waals surface area contributed by atoms with E-state index >= 15 is 0 Å². The molecule has 0 unspecified atom stereocenters. The molecule has 0 aliphatic rings. The summed E-state index contributed by atoms with van der Waals surface area (Å²) in [5.74, 6) is 0. The Bertz CT molecular complexity index is 198. The number of aryl methyl sites for hydroxylation is 1. The third kappa shape index (κ3) is 38.4. The molecule has 0 radical (unpaired) electrons. The molecule has 0 atom stereocenters. The van der Waals surface area contributed by atoms with Gasteiger partial charge in [0, 0.05) is 0 Å². The molecular formula is C17H35HfN3. The van der Waals surface area contributed by atoms with E-state index in [-0.39, 0.29) is 25.8 Å². The minimum absolute atomic E-state index is 0. The SMILES string of the molecule is CCC[c-]1cccc1.CC[N-]C.CC[N-]C.CC[N-]C.[Hf+4]. The van der Waals surface area contributed by atoms with Gasteiger partial charge >= 0.3 is 25.8 Å². The average molecular weight is 460 g/mol. The molecule has 0 aromatic heterocycles. The van der Waals surface area contributed by atoms with Gasteiger partial charge in [-0.2, -0.15) is 58.5 Å². The summed E-state index contributed by atoms with van der Waals surface area (Å²) in [5.41, 5.74) is 1.47. The molecule has 1 rings (SSSR count). The van der Waals surface area contributed by atoms with E-state index < -0.39 is 0 Å². The molecule has 0 aliphatic heterocycles. The molecule has 1 aromatic carbocycles. The maximum absolute atomic E-state index is 3.74. The Kier molecular flexibility index (Phi) is 44.6. The van der Waals surface area contributed by atoms with Crippen molar-refractivity contribution in [2.24, 2.45) is 0 Å².